The molecule has 2 aliphatic heterocycles. The summed E-state index contributed by atoms with van der Waals surface area (Å²) in [5.41, 5.74) is 0.483. The van der Waals surface area contributed by atoms with E-state index >= 15 is 0 Å². The lowest BCUT2D eigenvalue weighted by Gasteiger charge is -2.32. The molecule has 7 nitrogen and oxygen atoms in total. The number of benzene rings is 1. The van der Waals surface area contributed by atoms with Gasteiger partial charge in [0.25, 0.3) is 0 Å². The molecule has 0 bridgehead atoms. The van der Waals surface area contributed by atoms with Gasteiger partial charge in [0.1, 0.15) is 5.82 Å². The summed E-state index contributed by atoms with van der Waals surface area (Å²) in [6.45, 7) is 3.26. The number of anilines is 1. The molecule has 27 heavy (non-hydrogen) atoms. The van der Waals surface area contributed by atoms with Crippen LogP contribution in [0, 0.1) is 11.7 Å². The Bertz CT molecular complexity index is 727. The van der Waals surface area contributed by atoms with Gasteiger partial charge in [0.15, 0.2) is 0 Å². The highest BCUT2D eigenvalue weighted by Gasteiger charge is 2.34. The maximum absolute atomic E-state index is 13.4. The molecule has 2 saturated heterocycles. The number of nitrogens with zero attached hydrogens (tertiary/aromatic N) is 2. The molecule has 0 aliphatic carbocycles. The average molecular weight is 377 g/mol. The summed E-state index contributed by atoms with van der Waals surface area (Å²) < 4.78 is 18.5. The van der Waals surface area contributed by atoms with E-state index in [4.69, 9.17) is 4.74 Å². The number of carbonyl (C=O) groups is 3. The molecule has 1 aromatic carbocycles. The minimum absolute atomic E-state index is 0.158. The third-order valence-corrected chi connectivity index (χ3v) is 4.90. The Balaban J connectivity index is 1.56. The van der Waals surface area contributed by atoms with Gasteiger partial charge in [0.2, 0.25) is 5.91 Å². The topological polar surface area (TPSA) is 79.0 Å². The molecule has 2 fully saturated rings. The summed E-state index contributed by atoms with van der Waals surface area (Å²) in [5, 5.41) is 2.86. The third kappa shape index (κ3) is 4.56. The third-order valence-electron chi connectivity index (χ3n) is 4.90. The second-order valence-electron chi connectivity index (χ2n) is 6.87. The van der Waals surface area contributed by atoms with Gasteiger partial charge >= 0.3 is 12.0 Å². The first kappa shape index (κ1) is 19.1. The Kier molecular flexibility index (Phi) is 5.93. The van der Waals surface area contributed by atoms with E-state index in [0.29, 0.717) is 38.3 Å². The van der Waals surface area contributed by atoms with Crippen LogP contribution in [0.5, 0.6) is 0 Å². The summed E-state index contributed by atoms with van der Waals surface area (Å²) in [7, 11) is 0. The van der Waals surface area contributed by atoms with Gasteiger partial charge in [-0.15, -0.1) is 0 Å². The van der Waals surface area contributed by atoms with Crippen LogP contribution in [0.1, 0.15) is 26.2 Å². The van der Waals surface area contributed by atoms with Crippen LogP contribution in [0.15, 0.2) is 24.3 Å². The van der Waals surface area contributed by atoms with E-state index in [1.165, 1.54) is 17.0 Å². The molecule has 2 aliphatic rings. The molecule has 1 N–H and O–H groups in total. The van der Waals surface area contributed by atoms with Crippen molar-refractivity contribution in [1.29, 1.82) is 0 Å². The molecule has 3 rings (SSSR count). The first-order chi connectivity index (χ1) is 13.0. The van der Waals surface area contributed by atoms with Crippen LogP contribution in [0.4, 0.5) is 14.9 Å². The van der Waals surface area contributed by atoms with Crippen molar-refractivity contribution in [3.05, 3.63) is 30.1 Å². The number of rotatable bonds is 4. The number of amides is 3. The molecule has 1 aromatic rings. The number of hydrogen-bond donors (Lipinski definition) is 1. The number of esters is 1. The standard InChI is InChI=1S/C19H24FN3O4/c1-2-27-18(25)13-5-4-8-22(11-13)19(26)21-15-10-17(24)23(12-15)16-7-3-6-14(20)9-16/h3,6-7,9,13,15H,2,4-5,8,10-12H2,1H3,(H,21,26). The van der Waals surface area contributed by atoms with Gasteiger partial charge in [-0.1, -0.05) is 6.07 Å². The van der Waals surface area contributed by atoms with Crippen LogP contribution >= 0.6 is 0 Å². The van der Waals surface area contributed by atoms with E-state index in [9.17, 15) is 18.8 Å². The van der Waals surface area contributed by atoms with Crippen molar-refractivity contribution >= 4 is 23.6 Å². The Labute approximate surface area is 157 Å². The number of hydrogen-bond acceptors (Lipinski definition) is 4. The number of halogens is 1. The van der Waals surface area contributed by atoms with Crippen molar-refractivity contribution in [3.63, 3.8) is 0 Å². The molecule has 2 atom stereocenters. The lowest BCUT2D eigenvalue weighted by molar-refractivity contribution is -0.149. The van der Waals surface area contributed by atoms with Crippen LogP contribution in [-0.2, 0) is 14.3 Å². The number of ether oxygens (including phenoxy) is 1. The van der Waals surface area contributed by atoms with E-state index in [2.05, 4.69) is 5.32 Å². The minimum atomic E-state index is -0.411. The quantitative estimate of drug-likeness (QED) is 0.813. The normalized spacial score (nSPS) is 22.7. The molecule has 2 heterocycles. The van der Waals surface area contributed by atoms with Crippen molar-refractivity contribution < 1.29 is 23.5 Å². The SMILES string of the molecule is CCOC(=O)C1CCCN(C(=O)NC2CC(=O)N(c3cccc(F)c3)C2)C1. The van der Waals surface area contributed by atoms with E-state index in [0.717, 1.165) is 6.42 Å². The molecule has 146 valence electrons. The van der Waals surface area contributed by atoms with Gasteiger partial charge in [-0.05, 0) is 38.0 Å². The summed E-state index contributed by atoms with van der Waals surface area (Å²) in [6.07, 6.45) is 1.60. The minimum Gasteiger partial charge on any atom is -0.466 e. The largest absolute Gasteiger partial charge is 0.466 e. The molecule has 0 saturated carbocycles. The van der Waals surface area contributed by atoms with Gasteiger partial charge in [-0.2, -0.15) is 0 Å². The maximum Gasteiger partial charge on any atom is 0.317 e. The van der Waals surface area contributed by atoms with Crippen LogP contribution in [0.3, 0.4) is 0 Å². The van der Waals surface area contributed by atoms with E-state index in [1.54, 1.807) is 24.0 Å². The zero-order valence-electron chi connectivity index (χ0n) is 15.3. The Hall–Kier alpha value is -2.64. The van der Waals surface area contributed by atoms with Crippen LogP contribution in [-0.4, -0.2) is 55.1 Å². The van der Waals surface area contributed by atoms with Crippen molar-refractivity contribution in [2.45, 2.75) is 32.2 Å². The van der Waals surface area contributed by atoms with Gasteiger partial charge < -0.3 is 19.9 Å². The first-order valence-corrected chi connectivity index (χ1v) is 9.26. The zero-order chi connectivity index (χ0) is 19.4. The van der Waals surface area contributed by atoms with E-state index in [1.807, 2.05) is 0 Å². The first-order valence-electron chi connectivity index (χ1n) is 9.26. The number of likely N-dealkylation sites (tertiary alicyclic amines) is 1. The van der Waals surface area contributed by atoms with Crippen LogP contribution < -0.4 is 10.2 Å². The molecular weight excluding hydrogens is 353 g/mol. The fourth-order valence-corrected chi connectivity index (χ4v) is 3.58. The predicted octanol–water partition coefficient (Wildman–Crippen LogP) is 1.92. The molecule has 2 unspecified atom stereocenters. The lowest BCUT2D eigenvalue weighted by Crippen LogP contribution is -2.50. The Morgan fingerprint density at radius 2 is 2.15 bits per heavy atom. The van der Waals surface area contributed by atoms with E-state index in [-0.39, 0.29) is 36.3 Å². The van der Waals surface area contributed by atoms with Crippen LogP contribution in [0.2, 0.25) is 0 Å². The molecule has 3 amide bonds. The highest BCUT2D eigenvalue weighted by molar-refractivity contribution is 5.96. The van der Waals surface area contributed by atoms with Gasteiger partial charge in [0, 0.05) is 31.7 Å². The summed E-state index contributed by atoms with van der Waals surface area (Å²) >= 11 is 0. The number of piperidine rings is 1. The molecule has 0 spiro atoms. The molecular formula is C19H24FN3O4. The fraction of sp³-hybridized carbons (Fsp3) is 0.526. The molecule has 0 radical (unpaired) electrons. The second-order valence-corrected chi connectivity index (χ2v) is 6.87. The maximum atomic E-state index is 13.4. The predicted molar refractivity (Wildman–Crippen MR) is 96.6 cm³/mol. The number of carbonyl (C=O) groups excluding carboxylic acids is 3. The van der Waals surface area contributed by atoms with Gasteiger partial charge in [-0.3, -0.25) is 9.59 Å². The van der Waals surface area contributed by atoms with Crippen LogP contribution in [0.25, 0.3) is 0 Å². The number of nitrogens with one attached hydrogen (secondary N) is 1. The summed E-state index contributed by atoms with van der Waals surface area (Å²) in [5.74, 6) is -1.15. The summed E-state index contributed by atoms with van der Waals surface area (Å²) in [4.78, 5) is 39.8. The second kappa shape index (κ2) is 8.37. The fourth-order valence-electron chi connectivity index (χ4n) is 3.58. The number of urea groups is 1. The highest BCUT2D eigenvalue weighted by Crippen LogP contribution is 2.23. The monoisotopic (exact) mass is 377 g/mol. The Morgan fingerprint density at radius 1 is 1.33 bits per heavy atom. The zero-order valence-corrected chi connectivity index (χ0v) is 15.3. The van der Waals surface area contributed by atoms with Crippen molar-refractivity contribution in [2.75, 3.05) is 31.1 Å². The Morgan fingerprint density at radius 3 is 2.89 bits per heavy atom. The smallest absolute Gasteiger partial charge is 0.317 e. The van der Waals surface area contributed by atoms with Crippen molar-refractivity contribution in [3.8, 4) is 0 Å². The van der Waals surface area contributed by atoms with Crippen molar-refractivity contribution in [1.82, 2.24) is 10.2 Å². The average Bonchev–Trinajstić information content (AvgIpc) is 3.02. The van der Waals surface area contributed by atoms with Gasteiger partial charge in [-0.25, -0.2) is 9.18 Å². The van der Waals surface area contributed by atoms with E-state index < -0.39 is 5.82 Å². The van der Waals surface area contributed by atoms with Gasteiger partial charge in [0.05, 0.1) is 18.6 Å². The summed E-state index contributed by atoms with van der Waals surface area (Å²) in [6, 6.07) is 5.20. The highest BCUT2D eigenvalue weighted by atomic mass is 19.1. The van der Waals surface area contributed by atoms with Crippen molar-refractivity contribution in [2.24, 2.45) is 5.92 Å². The lowest BCUT2D eigenvalue weighted by atomic mass is 9.98. The molecule has 0 aromatic heterocycles. The molecule has 8 heteroatoms.